The first-order valence-electron chi connectivity index (χ1n) is 21.4. The molecule has 0 aromatic carbocycles. The van der Waals surface area contributed by atoms with Gasteiger partial charge in [0.1, 0.15) is 30.2 Å². The SMILES string of the molecule is CCC1C=C(C)C(F)C(C)CC(OC)C2OC(O)(C(=O)C(=O)N3CCCCC3C(=O)OC(C(C)=CC3CCC(NC)C(OC)C3)C(C)C(O)CC1=O)C(C)CC2OC. The first-order valence-corrected chi connectivity index (χ1v) is 21.4. The van der Waals surface area contributed by atoms with Crippen molar-refractivity contribution in [3.8, 4) is 0 Å². The second-order valence-electron chi connectivity index (χ2n) is 17.5. The van der Waals surface area contributed by atoms with Crippen molar-refractivity contribution in [3.05, 3.63) is 23.3 Å². The molecule has 58 heavy (non-hydrogen) atoms. The van der Waals surface area contributed by atoms with Crippen LogP contribution in [0.5, 0.6) is 0 Å². The summed E-state index contributed by atoms with van der Waals surface area (Å²) in [5, 5.41) is 27.0. The van der Waals surface area contributed by atoms with E-state index in [0.29, 0.717) is 30.4 Å². The van der Waals surface area contributed by atoms with Gasteiger partial charge in [-0.05, 0) is 102 Å². The number of Topliss-reactive ketones (excluding diaryl/α,β-unsaturated/α-hetero) is 2. The summed E-state index contributed by atoms with van der Waals surface area (Å²) < 4.78 is 46.0. The molecular formula is C44H71FN2O11. The van der Waals surface area contributed by atoms with E-state index >= 15 is 4.39 Å². The zero-order chi connectivity index (χ0) is 43.1. The standard InChI is InChI=1S/C44H71FN2O11/c1-11-30-19-24(2)38(45)25(3)20-36(55-9)40-37(56-10)21-27(5)44(53,58-40)41(50)42(51)47-17-13-12-14-32(47)43(52)57-39(28(6)33(48)23-34(30)49)26(4)18-29-15-16-31(46-7)35(22-29)54-8/h18-19,25,27-33,35-40,46,48,53H,11-17,20-23H2,1-10H3. The molecule has 15 atom stereocenters. The van der Waals surface area contributed by atoms with Crippen LogP contribution in [0.15, 0.2) is 23.3 Å². The van der Waals surface area contributed by atoms with Crippen LogP contribution in [-0.2, 0) is 42.9 Å². The van der Waals surface area contributed by atoms with Crippen molar-refractivity contribution in [1.82, 2.24) is 10.2 Å². The number of amides is 1. The number of allylic oxidation sites excluding steroid dienone is 3. The predicted octanol–water partition coefficient (Wildman–Crippen LogP) is 4.65. The number of ether oxygens (including phenoxy) is 5. The molecule has 3 N–H and O–H groups in total. The molecule has 1 saturated carbocycles. The van der Waals surface area contributed by atoms with Gasteiger partial charge in [0.25, 0.3) is 11.7 Å². The first kappa shape index (κ1) is 48.1. The van der Waals surface area contributed by atoms with E-state index in [2.05, 4.69) is 5.32 Å². The average molecular weight is 823 g/mol. The van der Waals surface area contributed by atoms with E-state index in [-0.39, 0.29) is 56.1 Å². The Morgan fingerprint density at radius 3 is 2.28 bits per heavy atom. The zero-order valence-electron chi connectivity index (χ0n) is 36.4. The highest BCUT2D eigenvalue weighted by atomic mass is 19.1. The third-order valence-corrected chi connectivity index (χ3v) is 13.5. The number of fused-ring (bicyclic) bond motifs is 3. The summed E-state index contributed by atoms with van der Waals surface area (Å²) in [4.78, 5) is 57.8. The van der Waals surface area contributed by atoms with Gasteiger partial charge in [-0.25, -0.2) is 9.18 Å². The number of carbonyl (C=O) groups excluding carboxylic acids is 4. The molecule has 0 aromatic rings. The van der Waals surface area contributed by atoms with Crippen molar-refractivity contribution in [2.75, 3.05) is 34.9 Å². The van der Waals surface area contributed by atoms with Gasteiger partial charge >= 0.3 is 5.97 Å². The van der Waals surface area contributed by atoms with Gasteiger partial charge in [-0.15, -0.1) is 0 Å². The number of carbonyl (C=O) groups is 4. The minimum Gasteiger partial charge on any atom is -0.456 e. The number of nitrogens with one attached hydrogen (secondary N) is 1. The van der Waals surface area contributed by atoms with Crippen molar-refractivity contribution < 1.29 is 57.5 Å². The van der Waals surface area contributed by atoms with Crippen LogP contribution in [0, 0.1) is 29.6 Å². The van der Waals surface area contributed by atoms with Crippen molar-refractivity contribution >= 4 is 23.4 Å². The third-order valence-electron chi connectivity index (χ3n) is 13.5. The number of esters is 1. The minimum absolute atomic E-state index is 0.0328. The number of ketones is 2. The predicted molar refractivity (Wildman–Crippen MR) is 215 cm³/mol. The Balaban J connectivity index is 1.78. The number of halogens is 1. The lowest BCUT2D eigenvalue weighted by Gasteiger charge is -2.47. The van der Waals surface area contributed by atoms with Gasteiger partial charge in [0.2, 0.25) is 5.79 Å². The average Bonchev–Trinajstić information content (AvgIpc) is 3.22. The summed E-state index contributed by atoms with van der Waals surface area (Å²) >= 11 is 0. The number of rotatable bonds is 7. The fourth-order valence-corrected chi connectivity index (χ4v) is 9.65. The maximum atomic E-state index is 16.2. The molecule has 4 aliphatic rings. The molecular weight excluding hydrogens is 751 g/mol. The van der Waals surface area contributed by atoms with Crippen LogP contribution in [0.1, 0.15) is 106 Å². The van der Waals surface area contributed by atoms with Gasteiger partial charge in [0, 0.05) is 58.1 Å². The number of hydrogen-bond acceptors (Lipinski definition) is 12. The summed E-state index contributed by atoms with van der Waals surface area (Å²) in [5.41, 5.74) is 1.03. The lowest BCUT2D eigenvalue weighted by Crippen LogP contribution is -2.64. The molecule has 13 nitrogen and oxygen atoms in total. The highest BCUT2D eigenvalue weighted by Crippen LogP contribution is 2.39. The smallest absolute Gasteiger partial charge is 0.329 e. The third kappa shape index (κ3) is 10.8. The summed E-state index contributed by atoms with van der Waals surface area (Å²) in [6.07, 6.45) is 1.47. The molecule has 0 radical (unpaired) electrons. The summed E-state index contributed by atoms with van der Waals surface area (Å²) in [5.74, 6) is -8.80. The minimum atomic E-state index is -2.59. The largest absolute Gasteiger partial charge is 0.456 e. The molecule has 0 aromatic heterocycles. The lowest BCUT2D eigenvalue weighted by molar-refractivity contribution is -0.302. The Bertz CT molecular complexity index is 1490. The number of aliphatic hydroxyl groups is 2. The molecule has 1 aliphatic carbocycles. The van der Waals surface area contributed by atoms with E-state index in [1.54, 1.807) is 40.9 Å². The van der Waals surface area contributed by atoms with Gasteiger partial charge in [-0.3, -0.25) is 14.4 Å². The fraction of sp³-hybridized carbons (Fsp3) is 0.818. The van der Waals surface area contributed by atoms with E-state index < -0.39 is 89.9 Å². The van der Waals surface area contributed by atoms with Crippen LogP contribution < -0.4 is 5.32 Å². The molecule has 330 valence electrons. The van der Waals surface area contributed by atoms with Crippen molar-refractivity contribution in [2.24, 2.45) is 29.6 Å². The van der Waals surface area contributed by atoms with Crippen LogP contribution in [-0.4, -0.2) is 134 Å². The molecule has 14 heteroatoms. The number of aliphatic hydroxyl groups excluding tert-OH is 1. The first-order chi connectivity index (χ1) is 27.4. The summed E-state index contributed by atoms with van der Waals surface area (Å²) in [6, 6.07) is -0.957. The number of methoxy groups -OCH3 is 3. The highest BCUT2D eigenvalue weighted by molar-refractivity contribution is 6.39. The second kappa shape index (κ2) is 21.3. The maximum Gasteiger partial charge on any atom is 0.329 e. The molecule has 0 spiro atoms. The van der Waals surface area contributed by atoms with Gasteiger partial charge in [-0.1, -0.05) is 39.8 Å². The van der Waals surface area contributed by atoms with Gasteiger partial charge < -0.3 is 44.1 Å². The van der Waals surface area contributed by atoms with E-state index in [1.807, 2.05) is 27.0 Å². The molecule has 2 saturated heterocycles. The van der Waals surface area contributed by atoms with E-state index in [1.165, 1.54) is 14.2 Å². The number of cyclic esters (lactones) is 1. The Hall–Kier alpha value is -2.59. The Morgan fingerprint density at radius 2 is 1.66 bits per heavy atom. The normalized spacial score (nSPS) is 40.9. The monoisotopic (exact) mass is 823 g/mol. The molecule has 15 unspecified atom stereocenters. The highest BCUT2D eigenvalue weighted by Gasteiger charge is 2.57. The van der Waals surface area contributed by atoms with Gasteiger partial charge in [0.05, 0.1) is 24.4 Å². The Kier molecular flexibility index (Phi) is 17.6. The van der Waals surface area contributed by atoms with Crippen LogP contribution in [0.3, 0.4) is 0 Å². The molecule has 2 bridgehead atoms. The van der Waals surface area contributed by atoms with Gasteiger partial charge in [-0.2, -0.15) is 0 Å². The van der Waals surface area contributed by atoms with Crippen LogP contribution in [0.2, 0.25) is 0 Å². The van der Waals surface area contributed by atoms with Crippen LogP contribution in [0.25, 0.3) is 0 Å². The summed E-state index contributed by atoms with van der Waals surface area (Å²) in [7, 11) is 6.48. The number of hydrogen-bond donors (Lipinski definition) is 3. The Labute approximate surface area is 344 Å². The van der Waals surface area contributed by atoms with Crippen LogP contribution >= 0.6 is 0 Å². The number of piperidine rings is 1. The van der Waals surface area contributed by atoms with Gasteiger partial charge in [0.15, 0.2) is 0 Å². The number of likely N-dealkylation sites (N-methyl/N-ethyl adjacent to an activating group) is 1. The second-order valence-corrected chi connectivity index (χ2v) is 17.5. The molecule has 3 fully saturated rings. The topological polar surface area (TPSA) is 170 Å². The quantitative estimate of drug-likeness (QED) is 0.185. The van der Waals surface area contributed by atoms with Crippen LogP contribution in [0.4, 0.5) is 4.39 Å². The molecule has 1 amide bonds. The number of alkyl halides is 1. The Morgan fingerprint density at radius 1 is 1.00 bits per heavy atom. The molecule has 3 heterocycles. The van der Waals surface area contributed by atoms with E-state index in [9.17, 15) is 29.4 Å². The van der Waals surface area contributed by atoms with E-state index in [4.69, 9.17) is 23.7 Å². The number of nitrogens with zero attached hydrogens (tertiary/aromatic N) is 1. The summed E-state index contributed by atoms with van der Waals surface area (Å²) in [6.45, 7) is 10.4. The van der Waals surface area contributed by atoms with E-state index in [0.717, 1.165) is 24.2 Å². The van der Waals surface area contributed by atoms with Crippen molar-refractivity contribution in [2.45, 2.75) is 166 Å². The van der Waals surface area contributed by atoms with Crippen molar-refractivity contribution in [3.63, 3.8) is 0 Å². The maximum absolute atomic E-state index is 16.2. The fourth-order valence-electron chi connectivity index (χ4n) is 9.65. The lowest BCUT2D eigenvalue weighted by atomic mass is 9.81. The molecule has 3 aliphatic heterocycles. The zero-order valence-corrected chi connectivity index (χ0v) is 36.4. The molecule has 4 rings (SSSR count). The van der Waals surface area contributed by atoms with Crippen molar-refractivity contribution in [1.29, 1.82) is 0 Å².